The molecule has 1 atom stereocenters. The van der Waals surface area contributed by atoms with Crippen molar-refractivity contribution < 1.29 is 28.0 Å². The SMILES string of the molecule is CC(CCN1Cc2cc(C#CC#CC3(N)COC3)cn2C1=O)(C(=O)NO)S(C)(=O)=O. The van der Waals surface area contributed by atoms with Crippen LogP contribution in [0.15, 0.2) is 12.3 Å². The van der Waals surface area contributed by atoms with Crippen LogP contribution in [-0.4, -0.2) is 71.3 Å². The molecule has 4 N–H and O–H groups in total. The van der Waals surface area contributed by atoms with E-state index in [9.17, 15) is 18.0 Å². The fourth-order valence-corrected chi connectivity index (χ4v) is 3.90. The van der Waals surface area contributed by atoms with Crippen LogP contribution in [0.4, 0.5) is 4.79 Å². The third-order valence-corrected chi connectivity index (χ3v) is 7.31. The normalized spacial score (nSPS) is 18.8. The van der Waals surface area contributed by atoms with Crippen molar-refractivity contribution >= 4 is 21.8 Å². The summed E-state index contributed by atoms with van der Waals surface area (Å²) < 4.78 is 28.6. The predicted molar refractivity (Wildman–Crippen MR) is 106 cm³/mol. The zero-order chi connectivity index (χ0) is 22.2. The molecule has 2 amide bonds. The number of hydrogen-bond acceptors (Lipinski definition) is 7. The lowest BCUT2D eigenvalue weighted by atomic mass is 10.0. The molecule has 2 aliphatic rings. The number of hydrogen-bond donors (Lipinski definition) is 3. The first-order valence-electron chi connectivity index (χ1n) is 9.04. The molecule has 11 heteroatoms. The number of carbonyl (C=O) groups is 2. The molecule has 0 aliphatic carbocycles. The molecule has 3 rings (SSSR count). The Morgan fingerprint density at radius 2 is 2.13 bits per heavy atom. The van der Waals surface area contributed by atoms with E-state index in [0.717, 1.165) is 6.26 Å². The standard InChI is InChI=1S/C19H22N4O6S/c1-18(16(24)21-26,30(2,27)28)7-8-22-11-15-9-14(10-23(15)17(22)25)5-3-4-6-19(20)12-29-13-19/h9-10,26H,7-8,11-13,20H2,1-2H3,(H,21,24). The molecule has 2 aliphatic heterocycles. The van der Waals surface area contributed by atoms with Crippen LogP contribution in [0.3, 0.4) is 0 Å². The Morgan fingerprint density at radius 3 is 2.67 bits per heavy atom. The van der Waals surface area contributed by atoms with Gasteiger partial charge in [-0.3, -0.25) is 14.6 Å². The molecule has 160 valence electrons. The number of fused-ring (bicyclic) bond motifs is 1. The Labute approximate surface area is 174 Å². The minimum Gasteiger partial charge on any atom is -0.375 e. The van der Waals surface area contributed by atoms with Crippen LogP contribution in [0.5, 0.6) is 0 Å². The average Bonchev–Trinajstić information content (AvgIpc) is 3.19. The number of aromatic nitrogens is 1. The molecule has 30 heavy (non-hydrogen) atoms. The van der Waals surface area contributed by atoms with E-state index in [1.165, 1.54) is 21.9 Å². The Bertz CT molecular complexity index is 1110. The number of nitrogens with two attached hydrogens (primary N) is 1. The van der Waals surface area contributed by atoms with Gasteiger partial charge in [-0.1, -0.05) is 11.8 Å². The van der Waals surface area contributed by atoms with Gasteiger partial charge in [0, 0.05) is 30.3 Å². The topological polar surface area (TPSA) is 144 Å². The molecule has 0 bridgehead atoms. The van der Waals surface area contributed by atoms with E-state index in [1.807, 2.05) is 0 Å². The summed E-state index contributed by atoms with van der Waals surface area (Å²) >= 11 is 0. The van der Waals surface area contributed by atoms with Gasteiger partial charge in [0.25, 0.3) is 5.91 Å². The monoisotopic (exact) mass is 434 g/mol. The van der Waals surface area contributed by atoms with Gasteiger partial charge in [-0.25, -0.2) is 18.7 Å². The van der Waals surface area contributed by atoms with Crippen molar-refractivity contribution in [1.82, 2.24) is 14.9 Å². The van der Waals surface area contributed by atoms with Crippen LogP contribution in [0, 0.1) is 23.7 Å². The fraction of sp³-hybridized carbons (Fsp3) is 0.474. The lowest BCUT2D eigenvalue weighted by Crippen LogP contribution is -2.56. The van der Waals surface area contributed by atoms with Gasteiger partial charge in [-0.15, -0.1) is 0 Å². The van der Waals surface area contributed by atoms with Crippen molar-refractivity contribution in [3.63, 3.8) is 0 Å². The van der Waals surface area contributed by atoms with E-state index < -0.39 is 26.0 Å². The molecule has 0 aromatic carbocycles. The van der Waals surface area contributed by atoms with Gasteiger partial charge in [0.05, 0.1) is 19.8 Å². The Morgan fingerprint density at radius 1 is 1.43 bits per heavy atom. The van der Waals surface area contributed by atoms with E-state index >= 15 is 0 Å². The van der Waals surface area contributed by atoms with E-state index in [0.29, 0.717) is 24.5 Å². The number of ether oxygens (including phenoxy) is 1. The number of nitrogens with zero attached hydrogens (tertiary/aromatic N) is 2. The Balaban J connectivity index is 1.66. The minimum atomic E-state index is -3.83. The molecular weight excluding hydrogens is 412 g/mol. The molecule has 0 spiro atoms. The number of rotatable bonds is 5. The van der Waals surface area contributed by atoms with Gasteiger partial charge >= 0.3 is 6.03 Å². The second-order valence-corrected chi connectivity index (χ2v) is 10.1. The van der Waals surface area contributed by atoms with Crippen LogP contribution in [-0.2, 0) is 25.9 Å². The summed E-state index contributed by atoms with van der Waals surface area (Å²) in [5.41, 5.74) is 7.95. The molecule has 10 nitrogen and oxygen atoms in total. The molecule has 3 heterocycles. The van der Waals surface area contributed by atoms with Crippen molar-refractivity contribution in [2.45, 2.75) is 30.2 Å². The van der Waals surface area contributed by atoms with Crippen LogP contribution >= 0.6 is 0 Å². The highest BCUT2D eigenvalue weighted by Crippen LogP contribution is 2.25. The van der Waals surface area contributed by atoms with Gasteiger partial charge in [-0.05, 0) is 31.3 Å². The van der Waals surface area contributed by atoms with E-state index in [1.54, 1.807) is 12.3 Å². The first kappa shape index (κ1) is 21.9. The molecular formula is C19H22N4O6S. The van der Waals surface area contributed by atoms with E-state index in [4.69, 9.17) is 15.7 Å². The number of amides is 2. The summed E-state index contributed by atoms with van der Waals surface area (Å²) in [5, 5.41) is 8.88. The summed E-state index contributed by atoms with van der Waals surface area (Å²) in [6, 6.07) is 1.39. The number of hydroxylamine groups is 1. The molecule has 1 aromatic rings. The van der Waals surface area contributed by atoms with Crippen LogP contribution in [0.25, 0.3) is 0 Å². The number of sulfone groups is 1. The van der Waals surface area contributed by atoms with Gasteiger partial charge < -0.3 is 15.4 Å². The average molecular weight is 434 g/mol. The van der Waals surface area contributed by atoms with Gasteiger partial charge in [0.1, 0.15) is 5.54 Å². The maximum atomic E-state index is 12.6. The zero-order valence-corrected chi connectivity index (χ0v) is 17.4. The molecule has 1 aromatic heterocycles. The first-order valence-corrected chi connectivity index (χ1v) is 10.9. The molecule has 0 saturated carbocycles. The van der Waals surface area contributed by atoms with Crippen LogP contribution in [0.2, 0.25) is 0 Å². The largest absolute Gasteiger partial charge is 0.375 e. The van der Waals surface area contributed by atoms with Crippen molar-refractivity contribution in [2.75, 3.05) is 26.0 Å². The number of nitrogens with one attached hydrogen (secondary N) is 1. The van der Waals surface area contributed by atoms with Crippen molar-refractivity contribution in [2.24, 2.45) is 5.73 Å². The first-order chi connectivity index (χ1) is 14.0. The summed E-state index contributed by atoms with van der Waals surface area (Å²) in [4.78, 5) is 25.9. The van der Waals surface area contributed by atoms with Gasteiger partial charge in [-0.2, -0.15) is 0 Å². The lowest BCUT2D eigenvalue weighted by molar-refractivity contribution is -0.131. The van der Waals surface area contributed by atoms with Crippen molar-refractivity contribution in [3.05, 3.63) is 23.5 Å². The highest BCUT2D eigenvalue weighted by Gasteiger charge is 2.44. The summed E-state index contributed by atoms with van der Waals surface area (Å²) in [7, 11) is -3.83. The Hall–Kier alpha value is -2.83. The van der Waals surface area contributed by atoms with Gasteiger partial charge in [0.15, 0.2) is 14.6 Å². The van der Waals surface area contributed by atoms with Gasteiger partial charge in [0.2, 0.25) is 0 Å². The second-order valence-electron chi connectivity index (χ2n) is 7.64. The molecule has 1 unspecified atom stereocenters. The lowest BCUT2D eigenvalue weighted by Gasteiger charge is -2.32. The highest BCUT2D eigenvalue weighted by atomic mass is 32.2. The van der Waals surface area contributed by atoms with Crippen LogP contribution in [0.1, 0.15) is 24.6 Å². The third-order valence-electron chi connectivity index (χ3n) is 5.29. The summed E-state index contributed by atoms with van der Waals surface area (Å²) in [6.07, 6.45) is 2.32. The predicted octanol–water partition coefficient (Wildman–Crippen LogP) is -0.947. The second kappa shape index (κ2) is 7.78. The molecule has 0 radical (unpaired) electrons. The molecule has 1 fully saturated rings. The van der Waals surface area contributed by atoms with Crippen molar-refractivity contribution in [1.29, 1.82) is 0 Å². The fourth-order valence-electron chi connectivity index (χ4n) is 3.05. The highest BCUT2D eigenvalue weighted by molar-refractivity contribution is 7.92. The maximum absolute atomic E-state index is 12.6. The minimum absolute atomic E-state index is 0.0185. The van der Waals surface area contributed by atoms with Crippen molar-refractivity contribution in [3.8, 4) is 23.7 Å². The summed E-state index contributed by atoms with van der Waals surface area (Å²) in [5.74, 6) is 10.0. The Kier molecular flexibility index (Phi) is 5.67. The maximum Gasteiger partial charge on any atom is 0.328 e. The van der Waals surface area contributed by atoms with E-state index in [2.05, 4.69) is 23.7 Å². The zero-order valence-electron chi connectivity index (χ0n) is 16.6. The van der Waals surface area contributed by atoms with E-state index in [-0.39, 0.29) is 25.5 Å². The third kappa shape index (κ3) is 4.06. The smallest absolute Gasteiger partial charge is 0.328 e. The van der Waals surface area contributed by atoms with Crippen LogP contribution < -0.4 is 11.2 Å². The summed E-state index contributed by atoms with van der Waals surface area (Å²) in [6.45, 7) is 2.24. The quantitative estimate of drug-likeness (QED) is 0.308. The molecule has 1 saturated heterocycles. The number of carbonyl (C=O) groups excluding carboxylic acids is 2.